The summed E-state index contributed by atoms with van der Waals surface area (Å²) in [6, 6.07) is 7.24. The molecule has 1 aliphatic heterocycles. The molecule has 1 fully saturated rings. The van der Waals surface area contributed by atoms with Gasteiger partial charge >= 0.3 is 0 Å². The minimum absolute atomic E-state index is 0. The number of amides is 1. The standard InChI is InChI=1S/C19H22ClN7O.ClH/c1-3-16-23-17(24-27(16)14-7-5-4-6-13(14)20)19(28)26-11-8-21-12-15(26)18-22-9-10-25(18)2;/h4-7,9-10,15,21H,3,8,11-12H2,1-2H3;1H. The van der Waals surface area contributed by atoms with Gasteiger partial charge in [0.2, 0.25) is 5.82 Å². The van der Waals surface area contributed by atoms with Gasteiger partial charge in [0.15, 0.2) is 0 Å². The lowest BCUT2D eigenvalue weighted by Crippen LogP contribution is -2.49. The van der Waals surface area contributed by atoms with E-state index in [0.29, 0.717) is 36.0 Å². The Morgan fingerprint density at radius 3 is 2.83 bits per heavy atom. The van der Waals surface area contributed by atoms with Crippen LogP contribution in [0.3, 0.4) is 0 Å². The van der Waals surface area contributed by atoms with E-state index in [9.17, 15) is 4.79 Å². The number of benzene rings is 1. The summed E-state index contributed by atoms with van der Waals surface area (Å²) in [7, 11) is 1.93. The highest BCUT2D eigenvalue weighted by molar-refractivity contribution is 6.32. The van der Waals surface area contributed by atoms with Crippen LogP contribution in [0.4, 0.5) is 0 Å². The number of carbonyl (C=O) groups is 1. The molecule has 1 atom stereocenters. The molecule has 10 heteroatoms. The van der Waals surface area contributed by atoms with E-state index in [2.05, 4.69) is 20.4 Å². The van der Waals surface area contributed by atoms with E-state index in [1.54, 1.807) is 21.8 Å². The van der Waals surface area contributed by atoms with E-state index in [1.165, 1.54) is 0 Å². The average molecular weight is 436 g/mol. The van der Waals surface area contributed by atoms with Gasteiger partial charge in [-0.05, 0) is 12.1 Å². The highest BCUT2D eigenvalue weighted by Gasteiger charge is 2.33. The molecule has 1 N–H and O–H groups in total. The molecule has 0 aliphatic carbocycles. The van der Waals surface area contributed by atoms with Gasteiger partial charge in [-0.3, -0.25) is 4.79 Å². The third kappa shape index (κ3) is 4.01. The van der Waals surface area contributed by atoms with Gasteiger partial charge in [0.05, 0.1) is 10.7 Å². The second-order valence-electron chi connectivity index (χ2n) is 6.68. The first kappa shape index (κ1) is 21.3. The number of nitrogens with one attached hydrogen (secondary N) is 1. The van der Waals surface area contributed by atoms with Crippen LogP contribution in [-0.2, 0) is 13.5 Å². The van der Waals surface area contributed by atoms with Crippen LogP contribution in [0.2, 0.25) is 5.02 Å². The lowest BCUT2D eigenvalue weighted by atomic mass is 10.1. The van der Waals surface area contributed by atoms with Crippen LogP contribution in [0.1, 0.15) is 35.2 Å². The molecule has 0 spiro atoms. The Bertz CT molecular complexity index is 1000. The Morgan fingerprint density at radius 1 is 1.34 bits per heavy atom. The number of aromatic nitrogens is 5. The Labute approximate surface area is 180 Å². The monoisotopic (exact) mass is 435 g/mol. The molecule has 29 heavy (non-hydrogen) atoms. The van der Waals surface area contributed by atoms with E-state index in [4.69, 9.17) is 11.6 Å². The van der Waals surface area contributed by atoms with Crippen molar-refractivity contribution in [3.63, 3.8) is 0 Å². The van der Waals surface area contributed by atoms with E-state index >= 15 is 0 Å². The Balaban J connectivity index is 0.00000240. The van der Waals surface area contributed by atoms with Gasteiger partial charge in [0.25, 0.3) is 5.91 Å². The van der Waals surface area contributed by atoms with Crippen LogP contribution in [0, 0.1) is 0 Å². The first-order valence-electron chi connectivity index (χ1n) is 9.30. The lowest BCUT2D eigenvalue weighted by Gasteiger charge is -2.35. The third-order valence-corrected chi connectivity index (χ3v) is 5.24. The summed E-state index contributed by atoms with van der Waals surface area (Å²) in [5.74, 6) is 1.51. The zero-order chi connectivity index (χ0) is 19.7. The summed E-state index contributed by atoms with van der Waals surface area (Å²) in [4.78, 5) is 24.0. The number of carbonyl (C=O) groups excluding carboxylic acids is 1. The molecule has 1 amide bonds. The maximum Gasteiger partial charge on any atom is 0.294 e. The Kier molecular flexibility index (Phi) is 6.56. The number of nitrogens with zero attached hydrogens (tertiary/aromatic N) is 6. The van der Waals surface area contributed by atoms with Crippen molar-refractivity contribution in [3.05, 3.63) is 59.2 Å². The number of para-hydroxylation sites is 1. The second kappa shape index (κ2) is 8.94. The van der Waals surface area contributed by atoms with Crippen molar-refractivity contribution in [1.29, 1.82) is 0 Å². The summed E-state index contributed by atoms with van der Waals surface area (Å²) in [5, 5.41) is 8.41. The molecule has 3 aromatic rings. The number of piperazine rings is 1. The van der Waals surface area contributed by atoms with Crippen molar-refractivity contribution in [1.82, 2.24) is 34.5 Å². The third-order valence-electron chi connectivity index (χ3n) is 4.92. The molecule has 1 aromatic carbocycles. The maximum atomic E-state index is 13.3. The van der Waals surface area contributed by atoms with Crippen LogP contribution in [0.25, 0.3) is 5.69 Å². The highest BCUT2D eigenvalue weighted by Crippen LogP contribution is 2.24. The van der Waals surface area contributed by atoms with Gasteiger partial charge in [-0.25, -0.2) is 14.6 Å². The van der Waals surface area contributed by atoms with Crippen molar-refractivity contribution in [2.24, 2.45) is 7.05 Å². The Morgan fingerprint density at radius 2 is 2.14 bits per heavy atom. The molecule has 3 heterocycles. The number of aryl methyl sites for hydroxylation is 2. The topological polar surface area (TPSA) is 80.9 Å². The molecule has 0 radical (unpaired) electrons. The fraction of sp³-hybridized carbons (Fsp3) is 0.368. The van der Waals surface area contributed by atoms with Crippen LogP contribution < -0.4 is 5.32 Å². The van der Waals surface area contributed by atoms with Crippen LogP contribution in [0.5, 0.6) is 0 Å². The smallest absolute Gasteiger partial charge is 0.294 e. The predicted octanol–water partition coefficient (Wildman–Crippen LogP) is 2.43. The first-order valence-corrected chi connectivity index (χ1v) is 9.67. The number of hydrogen-bond acceptors (Lipinski definition) is 5. The van der Waals surface area contributed by atoms with Gasteiger partial charge < -0.3 is 14.8 Å². The molecule has 4 rings (SSSR count). The molecule has 1 aliphatic rings. The minimum atomic E-state index is -0.199. The minimum Gasteiger partial charge on any atom is -0.336 e. The van der Waals surface area contributed by atoms with Crippen molar-refractivity contribution in [3.8, 4) is 5.69 Å². The molecule has 2 aromatic heterocycles. The molecule has 1 saturated heterocycles. The zero-order valence-electron chi connectivity index (χ0n) is 16.2. The summed E-state index contributed by atoms with van der Waals surface area (Å²) >= 11 is 6.33. The predicted molar refractivity (Wildman–Crippen MR) is 113 cm³/mol. The number of rotatable bonds is 4. The summed E-state index contributed by atoms with van der Waals surface area (Å²) < 4.78 is 3.60. The van der Waals surface area contributed by atoms with Crippen molar-refractivity contribution < 1.29 is 4.79 Å². The fourth-order valence-corrected chi connectivity index (χ4v) is 3.70. The van der Waals surface area contributed by atoms with Gasteiger partial charge in [-0.1, -0.05) is 30.7 Å². The SMILES string of the molecule is CCc1nc(C(=O)N2CCNCC2c2nccn2C)nn1-c1ccccc1Cl.Cl. The largest absolute Gasteiger partial charge is 0.336 e. The van der Waals surface area contributed by atoms with Gasteiger partial charge in [0.1, 0.15) is 17.7 Å². The van der Waals surface area contributed by atoms with Crippen molar-refractivity contribution in [2.45, 2.75) is 19.4 Å². The summed E-state index contributed by atoms with van der Waals surface area (Å²) in [5.41, 5.74) is 0.716. The summed E-state index contributed by atoms with van der Waals surface area (Å²) in [6.45, 7) is 3.91. The number of halogens is 2. The van der Waals surface area contributed by atoms with Crippen molar-refractivity contribution >= 4 is 29.9 Å². The second-order valence-corrected chi connectivity index (χ2v) is 7.09. The zero-order valence-corrected chi connectivity index (χ0v) is 17.8. The molecule has 0 bridgehead atoms. The highest BCUT2D eigenvalue weighted by atomic mass is 35.5. The quantitative estimate of drug-likeness (QED) is 0.680. The molecular weight excluding hydrogens is 413 g/mol. The fourth-order valence-electron chi connectivity index (χ4n) is 3.48. The van der Waals surface area contributed by atoms with Crippen LogP contribution in [-0.4, -0.2) is 54.8 Å². The van der Waals surface area contributed by atoms with Gasteiger partial charge in [-0.2, -0.15) is 0 Å². The van der Waals surface area contributed by atoms with Crippen LogP contribution in [0.15, 0.2) is 36.7 Å². The average Bonchev–Trinajstić information content (AvgIpc) is 3.34. The first-order chi connectivity index (χ1) is 13.6. The number of imidazole rings is 1. The molecule has 154 valence electrons. The maximum absolute atomic E-state index is 13.3. The van der Waals surface area contributed by atoms with E-state index in [1.807, 2.05) is 42.9 Å². The molecule has 0 saturated carbocycles. The van der Waals surface area contributed by atoms with E-state index in [0.717, 1.165) is 12.4 Å². The van der Waals surface area contributed by atoms with Gasteiger partial charge in [-0.15, -0.1) is 17.5 Å². The van der Waals surface area contributed by atoms with E-state index < -0.39 is 0 Å². The lowest BCUT2D eigenvalue weighted by molar-refractivity contribution is 0.0608. The van der Waals surface area contributed by atoms with Gasteiger partial charge in [0, 0.05) is 45.5 Å². The summed E-state index contributed by atoms with van der Waals surface area (Å²) in [6.07, 6.45) is 4.26. The van der Waals surface area contributed by atoms with Crippen LogP contribution >= 0.6 is 24.0 Å². The number of hydrogen-bond donors (Lipinski definition) is 1. The Hall–Kier alpha value is -2.42. The van der Waals surface area contributed by atoms with E-state index in [-0.39, 0.29) is 30.2 Å². The molecule has 1 unspecified atom stereocenters. The van der Waals surface area contributed by atoms with Crippen molar-refractivity contribution in [2.75, 3.05) is 19.6 Å². The molecular formula is C19H23Cl2N7O. The molecule has 8 nitrogen and oxygen atoms in total. The normalized spacial score (nSPS) is 16.5.